The molecule has 2 aromatic heterocycles. The number of halogens is 1. The summed E-state index contributed by atoms with van der Waals surface area (Å²) < 4.78 is 1.50. The van der Waals surface area contributed by atoms with Gasteiger partial charge in [0.2, 0.25) is 0 Å². The first kappa shape index (κ1) is 10.1. The van der Waals surface area contributed by atoms with E-state index in [-0.39, 0.29) is 5.56 Å². The van der Waals surface area contributed by atoms with Crippen LogP contribution in [0.5, 0.6) is 0 Å². The van der Waals surface area contributed by atoms with Crippen molar-refractivity contribution in [2.24, 2.45) is 7.05 Å². The zero-order valence-electron chi connectivity index (χ0n) is 8.71. The Morgan fingerprint density at radius 2 is 2.00 bits per heavy atom. The molecule has 2 aromatic rings. The molecule has 0 amide bonds. The van der Waals surface area contributed by atoms with E-state index in [0.29, 0.717) is 22.0 Å². The standard InChI is InChI=1S/C10H10ClN3O/c1-5-4-7-9(13-8(5)11)12-6(2)14(3)10(7)15/h4H,1-3H3. The summed E-state index contributed by atoms with van der Waals surface area (Å²) in [6.45, 7) is 3.57. The summed E-state index contributed by atoms with van der Waals surface area (Å²) in [5, 5.41) is 0.896. The SMILES string of the molecule is Cc1cc2c(=O)n(C)c(C)nc2nc1Cl. The third-order valence-electron chi connectivity index (χ3n) is 2.42. The van der Waals surface area contributed by atoms with Crippen LogP contribution in [0.4, 0.5) is 0 Å². The van der Waals surface area contributed by atoms with Crippen molar-refractivity contribution in [3.8, 4) is 0 Å². The summed E-state index contributed by atoms with van der Waals surface area (Å²) in [7, 11) is 1.69. The lowest BCUT2D eigenvalue weighted by atomic mass is 10.2. The van der Waals surface area contributed by atoms with E-state index >= 15 is 0 Å². The summed E-state index contributed by atoms with van der Waals surface area (Å²) in [5.74, 6) is 0.625. The minimum Gasteiger partial charge on any atom is -0.299 e. The van der Waals surface area contributed by atoms with Crippen LogP contribution >= 0.6 is 11.6 Å². The van der Waals surface area contributed by atoms with Gasteiger partial charge in [0.25, 0.3) is 5.56 Å². The summed E-state index contributed by atoms with van der Waals surface area (Å²) in [5.41, 5.74) is 1.10. The summed E-state index contributed by atoms with van der Waals surface area (Å²) in [4.78, 5) is 20.1. The maximum Gasteiger partial charge on any atom is 0.262 e. The Morgan fingerprint density at radius 1 is 1.33 bits per heavy atom. The highest BCUT2D eigenvalue weighted by Crippen LogP contribution is 2.15. The highest BCUT2D eigenvalue weighted by molar-refractivity contribution is 6.30. The molecule has 0 saturated carbocycles. The lowest BCUT2D eigenvalue weighted by Gasteiger charge is -2.05. The average Bonchev–Trinajstić information content (AvgIpc) is 2.19. The highest BCUT2D eigenvalue weighted by Gasteiger charge is 2.08. The molecule has 78 valence electrons. The fraction of sp³-hybridized carbons (Fsp3) is 0.300. The molecule has 0 spiro atoms. The molecular weight excluding hydrogens is 214 g/mol. The molecule has 0 saturated heterocycles. The second kappa shape index (κ2) is 3.31. The zero-order valence-corrected chi connectivity index (χ0v) is 9.46. The molecule has 0 bridgehead atoms. The molecule has 0 aliphatic rings. The predicted octanol–water partition coefficient (Wildman–Crippen LogP) is 1.60. The van der Waals surface area contributed by atoms with Gasteiger partial charge in [0.05, 0.1) is 5.39 Å². The number of aryl methyl sites for hydroxylation is 2. The van der Waals surface area contributed by atoms with Crippen molar-refractivity contribution in [2.45, 2.75) is 13.8 Å². The van der Waals surface area contributed by atoms with Gasteiger partial charge < -0.3 is 0 Å². The molecule has 5 heteroatoms. The maximum absolute atomic E-state index is 11.9. The van der Waals surface area contributed by atoms with Crippen LogP contribution in [-0.2, 0) is 7.05 Å². The highest BCUT2D eigenvalue weighted by atomic mass is 35.5. The van der Waals surface area contributed by atoms with Crippen molar-refractivity contribution in [3.63, 3.8) is 0 Å². The fourth-order valence-electron chi connectivity index (χ4n) is 1.38. The van der Waals surface area contributed by atoms with E-state index < -0.39 is 0 Å². The van der Waals surface area contributed by atoms with Crippen LogP contribution in [-0.4, -0.2) is 14.5 Å². The van der Waals surface area contributed by atoms with Crippen LogP contribution in [0.1, 0.15) is 11.4 Å². The number of aromatic nitrogens is 3. The Hall–Kier alpha value is -1.42. The Morgan fingerprint density at radius 3 is 2.67 bits per heavy atom. The van der Waals surface area contributed by atoms with Crippen molar-refractivity contribution >= 4 is 22.6 Å². The van der Waals surface area contributed by atoms with Gasteiger partial charge in [-0.1, -0.05) is 11.6 Å². The minimum absolute atomic E-state index is 0.0928. The molecular formula is C10H10ClN3O. The van der Waals surface area contributed by atoms with E-state index in [9.17, 15) is 4.79 Å². The van der Waals surface area contributed by atoms with Crippen LogP contribution in [0, 0.1) is 13.8 Å². The van der Waals surface area contributed by atoms with Gasteiger partial charge in [-0.15, -0.1) is 0 Å². The van der Waals surface area contributed by atoms with Crippen molar-refractivity contribution < 1.29 is 0 Å². The second-order valence-electron chi connectivity index (χ2n) is 3.49. The van der Waals surface area contributed by atoms with Crippen LogP contribution in [0.2, 0.25) is 5.15 Å². The predicted molar refractivity (Wildman–Crippen MR) is 59.3 cm³/mol. The van der Waals surface area contributed by atoms with E-state index in [1.807, 2.05) is 6.92 Å². The molecule has 0 unspecified atom stereocenters. The van der Waals surface area contributed by atoms with Gasteiger partial charge >= 0.3 is 0 Å². The number of pyridine rings is 1. The van der Waals surface area contributed by atoms with E-state index in [4.69, 9.17) is 11.6 Å². The van der Waals surface area contributed by atoms with Crippen molar-refractivity contribution in [1.29, 1.82) is 0 Å². The zero-order chi connectivity index (χ0) is 11.2. The Balaban J connectivity index is 3.00. The van der Waals surface area contributed by atoms with Gasteiger partial charge in [-0.25, -0.2) is 9.97 Å². The lowest BCUT2D eigenvalue weighted by molar-refractivity contribution is 0.789. The first-order valence-corrected chi connectivity index (χ1v) is 4.89. The third-order valence-corrected chi connectivity index (χ3v) is 2.80. The molecule has 2 rings (SSSR count). The topological polar surface area (TPSA) is 47.8 Å². The Labute approximate surface area is 91.5 Å². The number of hydrogen-bond acceptors (Lipinski definition) is 3. The van der Waals surface area contributed by atoms with E-state index in [2.05, 4.69) is 9.97 Å². The van der Waals surface area contributed by atoms with Crippen molar-refractivity contribution in [2.75, 3.05) is 0 Å². The average molecular weight is 224 g/mol. The molecule has 0 aliphatic carbocycles. The van der Waals surface area contributed by atoms with Crippen LogP contribution in [0.3, 0.4) is 0 Å². The summed E-state index contributed by atoms with van der Waals surface area (Å²) >= 11 is 5.87. The molecule has 4 nitrogen and oxygen atoms in total. The molecule has 0 N–H and O–H groups in total. The van der Waals surface area contributed by atoms with E-state index in [0.717, 1.165) is 5.56 Å². The van der Waals surface area contributed by atoms with Crippen molar-refractivity contribution in [1.82, 2.24) is 14.5 Å². The van der Waals surface area contributed by atoms with Crippen LogP contribution in [0.15, 0.2) is 10.9 Å². The first-order chi connectivity index (χ1) is 7.00. The molecule has 0 aromatic carbocycles. The lowest BCUT2D eigenvalue weighted by Crippen LogP contribution is -2.21. The maximum atomic E-state index is 11.9. The smallest absolute Gasteiger partial charge is 0.262 e. The quantitative estimate of drug-likeness (QED) is 0.638. The number of rotatable bonds is 0. The summed E-state index contributed by atoms with van der Waals surface area (Å²) in [6.07, 6.45) is 0. The Bertz CT molecular complexity index is 598. The normalized spacial score (nSPS) is 10.9. The van der Waals surface area contributed by atoms with Crippen LogP contribution < -0.4 is 5.56 Å². The molecule has 2 heterocycles. The fourth-order valence-corrected chi connectivity index (χ4v) is 1.52. The van der Waals surface area contributed by atoms with Gasteiger partial charge in [-0.05, 0) is 25.5 Å². The number of fused-ring (bicyclic) bond motifs is 1. The molecule has 0 aliphatic heterocycles. The largest absolute Gasteiger partial charge is 0.299 e. The van der Waals surface area contributed by atoms with E-state index in [1.165, 1.54) is 4.57 Å². The minimum atomic E-state index is -0.0928. The molecule has 0 radical (unpaired) electrons. The monoisotopic (exact) mass is 223 g/mol. The van der Waals surface area contributed by atoms with Gasteiger partial charge in [0.1, 0.15) is 11.0 Å². The molecule has 0 fully saturated rings. The second-order valence-corrected chi connectivity index (χ2v) is 3.85. The summed E-state index contributed by atoms with van der Waals surface area (Å²) in [6, 6.07) is 1.72. The molecule has 0 atom stereocenters. The van der Waals surface area contributed by atoms with Gasteiger partial charge in [-0.2, -0.15) is 0 Å². The molecule has 15 heavy (non-hydrogen) atoms. The van der Waals surface area contributed by atoms with Crippen molar-refractivity contribution in [3.05, 3.63) is 33.0 Å². The van der Waals surface area contributed by atoms with Crippen LogP contribution in [0.25, 0.3) is 11.0 Å². The van der Waals surface area contributed by atoms with Gasteiger partial charge in [0, 0.05) is 7.05 Å². The number of nitrogens with zero attached hydrogens (tertiary/aromatic N) is 3. The third kappa shape index (κ3) is 1.51. The first-order valence-electron chi connectivity index (χ1n) is 4.51. The van der Waals surface area contributed by atoms with E-state index in [1.54, 1.807) is 20.0 Å². The van der Waals surface area contributed by atoms with Gasteiger partial charge in [-0.3, -0.25) is 9.36 Å². The van der Waals surface area contributed by atoms with Gasteiger partial charge in [0.15, 0.2) is 5.65 Å². The Kier molecular flexibility index (Phi) is 2.23. The number of hydrogen-bond donors (Lipinski definition) is 0.